The minimum absolute atomic E-state index is 0.223. The van der Waals surface area contributed by atoms with E-state index in [0.29, 0.717) is 6.61 Å². The van der Waals surface area contributed by atoms with Gasteiger partial charge in [0.05, 0.1) is 31.0 Å². The first-order valence-corrected chi connectivity index (χ1v) is 9.43. The number of ether oxygens (including phenoxy) is 2. The molecule has 1 N–H and O–H groups in total. The Morgan fingerprint density at radius 3 is 3.11 bits per heavy atom. The molecule has 7 heteroatoms. The molecule has 0 bridgehead atoms. The van der Waals surface area contributed by atoms with Crippen LogP contribution in [0.15, 0.2) is 42.5 Å². The van der Waals surface area contributed by atoms with Crippen molar-refractivity contribution in [2.24, 2.45) is 7.05 Å². The van der Waals surface area contributed by atoms with E-state index in [1.807, 2.05) is 30.1 Å². The van der Waals surface area contributed by atoms with Crippen LogP contribution in [0, 0.1) is 0 Å². The number of aryl methyl sites for hydroxylation is 1. The summed E-state index contributed by atoms with van der Waals surface area (Å²) in [6.07, 6.45) is 8.04. The minimum atomic E-state index is 0.223. The van der Waals surface area contributed by atoms with Crippen molar-refractivity contribution in [2.45, 2.75) is 12.5 Å². The summed E-state index contributed by atoms with van der Waals surface area (Å²) in [5.41, 5.74) is 5.84. The standard InChI is InChI=1S/C21H23N5O2/c1-25-9-16(7-24-25)17-10-26(11-18-20(17)23-13-22-18)8-14-6-15-4-3-5-19(27-2)21(15)28-12-14/h3-7,9,13,17H,8,10-12H2,1-2H3,(H,22,23). The Bertz CT molecular complexity index is 1040. The number of fused-ring (bicyclic) bond motifs is 2. The molecule has 0 fully saturated rings. The summed E-state index contributed by atoms with van der Waals surface area (Å²) in [7, 11) is 3.62. The third-order valence-electron chi connectivity index (χ3n) is 5.45. The molecular formula is C21H23N5O2. The smallest absolute Gasteiger partial charge is 0.168 e. The van der Waals surface area contributed by atoms with Gasteiger partial charge in [0.25, 0.3) is 0 Å². The molecule has 2 aliphatic rings. The van der Waals surface area contributed by atoms with Crippen molar-refractivity contribution in [1.29, 1.82) is 0 Å². The Balaban J connectivity index is 1.40. The third kappa shape index (κ3) is 2.97. The molecule has 0 saturated heterocycles. The van der Waals surface area contributed by atoms with Gasteiger partial charge in [-0.3, -0.25) is 9.58 Å². The highest BCUT2D eigenvalue weighted by atomic mass is 16.5. The first kappa shape index (κ1) is 17.1. The molecule has 1 atom stereocenters. The zero-order valence-electron chi connectivity index (χ0n) is 16.1. The van der Waals surface area contributed by atoms with Crippen LogP contribution in [0.1, 0.15) is 28.4 Å². The summed E-state index contributed by atoms with van der Waals surface area (Å²) in [5, 5.41) is 4.35. The Morgan fingerprint density at radius 2 is 2.29 bits per heavy atom. The molecular weight excluding hydrogens is 354 g/mol. The molecule has 0 spiro atoms. The molecule has 0 radical (unpaired) electrons. The second-order valence-electron chi connectivity index (χ2n) is 7.41. The summed E-state index contributed by atoms with van der Waals surface area (Å²) in [6, 6.07) is 6.00. The van der Waals surface area contributed by atoms with E-state index in [2.05, 4.69) is 38.3 Å². The van der Waals surface area contributed by atoms with Gasteiger partial charge in [0.1, 0.15) is 6.61 Å². The fraction of sp³-hybridized carbons (Fsp3) is 0.333. The van der Waals surface area contributed by atoms with E-state index in [0.717, 1.165) is 42.4 Å². The Labute approximate surface area is 163 Å². The van der Waals surface area contributed by atoms with Crippen molar-refractivity contribution in [2.75, 3.05) is 26.8 Å². The predicted octanol–water partition coefficient (Wildman–Crippen LogP) is 2.58. The van der Waals surface area contributed by atoms with Crippen molar-refractivity contribution in [3.63, 3.8) is 0 Å². The largest absolute Gasteiger partial charge is 0.493 e. The van der Waals surface area contributed by atoms with E-state index in [-0.39, 0.29) is 5.92 Å². The van der Waals surface area contributed by atoms with Crippen LogP contribution in [0.3, 0.4) is 0 Å². The van der Waals surface area contributed by atoms with Gasteiger partial charge in [-0.1, -0.05) is 12.1 Å². The molecule has 5 rings (SSSR count). The summed E-state index contributed by atoms with van der Waals surface area (Å²) >= 11 is 0. The van der Waals surface area contributed by atoms with Crippen LogP contribution in [-0.4, -0.2) is 51.5 Å². The predicted molar refractivity (Wildman–Crippen MR) is 105 cm³/mol. The van der Waals surface area contributed by atoms with Gasteiger partial charge in [0.2, 0.25) is 0 Å². The van der Waals surface area contributed by atoms with Gasteiger partial charge < -0.3 is 14.5 Å². The minimum Gasteiger partial charge on any atom is -0.493 e. The molecule has 7 nitrogen and oxygen atoms in total. The first-order valence-electron chi connectivity index (χ1n) is 9.43. The Hall–Kier alpha value is -3.06. The van der Waals surface area contributed by atoms with E-state index < -0.39 is 0 Å². The second-order valence-corrected chi connectivity index (χ2v) is 7.41. The van der Waals surface area contributed by atoms with Crippen molar-refractivity contribution in [3.05, 3.63) is 65.0 Å². The lowest BCUT2D eigenvalue weighted by atomic mass is 9.92. The van der Waals surface area contributed by atoms with Crippen LogP contribution < -0.4 is 9.47 Å². The fourth-order valence-electron chi connectivity index (χ4n) is 4.16. The molecule has 28 heavy (non-hydrogen) atoms. The van der Waals surface area contributed by atoms with Crippen LogP contribution in [0.4, 0.5) is 0 Å². The zero-order valence-corrected chi connectivity index (χ0v) is 16.1. The van der Waals surface area contributed by atoms with Gasteiger partial charge >= 0.3 is 0 Å². The maximum atomic E-state index is 6.02. The van der Waals surface area contributed by atoms with Crippen LogP contribution in [0.5, 0.6) is 11.5 Å². The topological polar surface area (TPSA) is 68.2 Å². The average molecular weight is 377 g/mol. The van der Waals surface area contributed by atoms with Crippen LogP contribution >= 0.6 is 0 Å². The lowest BCUT2D eigenvalue weighted by molar-refractivity contribution is 0.239. The number of nitrogens with one attached hydrogen (secondary N) is 1. The number of hydrogen-bond donors (Lipinski definition) is 1. The van der Waals surface area contributed by atoms with Crippen molar-refractivity contribution in [3.8, 4) is 11.5 Å². The number of para-hydroxylation sites is 1. The molecule has 3 aromatic rings. The molecule has 0 amide bonds. The molecule has 4 heterocycles. The lowest BCUT2D eigenvalue weighted by Gasteiger charge is -2.33. The van der Waals surface area contributed by atoms with E-state index >= 15 is 0 Å². The van der Waals surface area contributed by atoms with E-state index in [9.17, 15) is 0 Å². The van der Waals surface area contributed by atoms with Gasteiger partial charge in [-0.2, -0.15) is 5.10 Å². The molecule has 2 aliphatic heterocycles. The molecule has 0 aliphatic carbocycles. The van der Waals surface area contributed by atoms with E-state index in [1.54, 1.807) is 13.4 Å². The van der Waals surface area contributed by atoms with Crippen molar-refractivity contribution in [1.82, 2.24) is 24.6 Å². The van der Waals surface area contributed by atoms with Crippen molar-refractivity contribution < 1.29 is 9.47 Å². The average Bonchev–Trinajstić information content (AvgIpc) is 3.35. The first-order chi connectivity index (χ1) is 13.7. The summed E-state index contributed by atoms with van der Waals surface area (Å²) in [5.74, 6) is 1.84. The SMILES string of the molecule is COc1cccc2c1OCC(CN1Cc3[nH]cnc3C(c3cnn(C)c3)C1)=C2. The monoisotopic (exact) mass is 377 g/mol. The highest BCUT2D eigenvalue weighted by Gasteiger charge is 2.30. The molecule has 1 aromatic carbocycles. The summed E-state index contributed by atoms with van der Waals surface area (Å²) in [6.45, 7) is 3.20. The quantitative estimate of drug-likeness (QED) is 0.757. The number of nitrogens with zero attached hydrogens (tertiary/aromatic N) is 4. The number of imidazole rings is 1. The molecule has 0 saturated carbocycles. The fourth-order valence-corrected chi connectivity index (χ4v) is 4.16. The number of rotatable bonds is 4. The number of benzene rings is 1. The maximum absolute atomic E-state index is 6.02. The van der Waals surface area contributed by atoms with Crippen LogP contribution in [-0.2, 0) is 13.6 Å². The molecule has 1 unspecified atom stereocenters. The van der Waals surface area contributed by atoms with E-state index in [1.165, 1.54) is 16.8 Å². The van der Waals surface area contributed by atoms with Gasteiger partial charge in [0.15, 0.2) is 11.5 Å². The number of H-pyrrole nitrogens is 1. The number of aromatic nitrogens is 4. The number of methoxy groups -OCH3 is 1. The van der Waals surface area contributed by atoms with Gasteiger partial charge in [-0.05, 0) is 17.7 Å². The van der Waals surface area contributed by atoms with E-state index in [4.69, 9.17) is 9.47 Å². The highest BCUT2D eigenvalue weighted by Crippen LogP contribution is 2.36. The normalized spacial score (nSPS) is 18.8. The Morgan fingerprint density at radius 1 is 1.36 bits per heavy atom. The third-order valence-corrected chi connectivity index (χ3v) is 5.45. The lowest BCUT2D eigenvalue weighted by Crippen LogP contribution is -2.36. The van der Waals surface area contributed by atoms with Crippen LogP contribution in [0.2, 0.25) is 0 Å². The molecule has 2 aromatic heterocycles. The van der Waals surface area contributed by atoms with Gasteiger partial charge in [0, 0.05) is 49.9 Å². The maximum Gasteiger partial charge on any atom is 0.168 e. The number of hydrogen-bond acceptors (Lipinski definition) is 5. The highest BCUT2D eigenvalue weighted by molar-refractivity contribution is 5.66. The van der Waals surface area contributed by atoms with Gasteiger partial charge in [-0.15, -0.1) is 0 Å². The van der Waals surface area contributed by atoms with Crippen LogP contribution in [0.25, 0.3) is 6.08 Å². The zero-order chi connectivity index (χ0) is 19.1. The summed E-state index contributed by atoms with van der Waals surface area (Å²) < 4.78 is 13.3. The number of aromatic amines is 1. The second kappa shape index (κ2) is 6.83. The Kier molecular flexibility index (Phi) is 4.16. The van der Waals surface area contributed by atoms with Gasteiger partial charge in [-0.25, -0.2) is 4.98 Å². The molecule has 144 valence electrons. The van der Waals surface area contributed by atoms with Crippen molar-refractivity contribution >= 4 is 6.08 Å². The summed E-state index contributed by atoms with van der Waals surface area (Å²) in [4.78, 5) is 10.3.